The van der Waals surface area contributed by atoms with Crippen molar-refractivity contribution in [2.24, 2.45) is 0 Å². The molecule has 4 rings (SSSR count). The van der Waals surface area contributed by atoms with E-state index in [-0.39, 0.29) is 11.7 Å². The maximum atomic E-state index is 12.7. The zero-order valence-corrected chi connectivity index (χ0v) is 16.4. The highest BCUT2D eigenvalue weighted by atomic mass is 16.2. The summed E-state index contributed by atoms with van der Waals surface area (Å²) in [6.45, 7) is 4.49. The van der Waals surface area contributed by atoms with E-state index < -0.39 is 0 Å². The number of aromatic nitrogens is 2. The summed E-state index contributed by atoms with van der Waals surface area (Å²) in [7, 11) is 0. The van der Waals surface area contributed by atoms with Gasteiger partial charge in [0, 0.05) is 17.6 Å². The summed E-state index contributed by atoms with van der Waals surface area (Å²) in [5.41, 5.74) is 4.98. The first-order valence-electron chi connectivity index (χ1n) is 9.53. The Balaban J connectivity index is 1.63. The van der Waals surface area contributed by atoms with Gasteiger partial charge in [0.15, 0.2) is 0 Å². The van der Waals surface area contributed by atoms with Crippen LogP contribution in [0, 0.1) is 13.8 Å². The number of amides is 1. The van der Waals surface area contributed by atoms with Crippen molar-refractivity contribution in [2.45, 2.75) is 20.4 Å². The molecule has 5 nitrogen and oxygen atoms in total. The molecule has 2 N–H and O–H groups in total. The fourth-order valence-electron chi connectivity index (χ4n) is 3.22. The number of carbonyl (C=O) groups excluding carboxylic acids is 1. The van der Waals surface area contributed by atoms with Gasteiger partial charge in [0.1, 0.15) is 5.82 Å². The first-order chi connectivity index (χ1) is 14.1. The standard InChI is InChI=1S/C24H22N4O/c1-16-7-5-9-18(13-16)15-25-24(29)23-27-21-12-4-3-11-20(21)22(28-23)26-19-10-6-8-17(2)14-19/h3-14H,15H2,1-2H3,(H,25,29)(H,26,27,28). The van der Waals surface area contributed by atoms with Crippen molar-refractivity contribution in [3.05, 3.63) is 95.3 Å². The van der Waals surface area contributed by atoms with Gasteiger partial charge in [-0.15, -0.1) is 0 Å². The Bertz CT molecular complexity index is 1190. The monoisotopic (exact) mass is 382 g/mol. The van der Waals surface area contributed by atoms with E-state index in [1.165, 1.54) is 0 Å². The Hall–Kier alpha value is -3.73. The molecule has 3 aromatic carbocycles. The molecule has 144 valence electrons. The minimum absolute atomic E-state index is 0.145. The van der Waals surface area contributed by atoms with Crippen molar-refractivity contribution in [2.75, 3.05) is 5.32 Å². The van der Waals surface area contributed by atoms with E-state index in [4.69, 9.17) is 0 Å². The smallest absolute Gasteiger partial charge is 0.289 e. The van der Waals surface area contributed by atoms with Crippen molar-refractivity contribution in [1.82, 2.24) is 15.3 Å². The van der Waals surface area contributed by atoms with Crippen LogP contribution in [0.15, 0.2) is 72.8 Å². The minimum Gasteiger partial charge on any atom is -0.345 e. The Morgan fingerprint density at radius 1 is 0.862 bits per heavy atom. The molecule has 0 saturated heterocycles. The lowest BCUT2D eigenvalue weighted by atomic mass is 10.1. The second kappa shape index (κ2) is 8.10. The highest BCUT2D eigenvalue weighted by Crippen LogP contribution is 2.24. The number of benzene rings is 3. The largest absolute Gasteiger partial charge is 0.345 e. The summed E-state index contributed by atoms with van der Waals surface area (Å²) >= 11 is 0. The van der Waals surface area contributed by atoms with E-state index >= 15 is 0 Å². The van der Waals surface area contributed by atoms with Gasteiger partial charge in [0.2, 0.25) is 5.82 Å². The molecule has 0 spiro atoms. The van der Waals surface area contributed by atoms with Gasteiger partial charge >= 0.3 is 0 Å². The van der Waals surface area contributed by atoms with Gasteiger partial charge in [-0.05, 0) is 49.2 Å². The van der Waals surface area contributed by atoms with Crippen molar-refractivity contribution in [1.29, 1.82) is 0 Å². The molecule has 1 aromatic heterocycles. The zero-order valence-electron chi connectivity index (χ0n) is 16.4. The third-order valence-electron chi connectivity index (χ3n) is 4.62. The van der Waals surface area contributed by atoms with Crippen LogP contribution in [0.5, 0.6) is 0 Å². The highest BCUT2D eigenvalue weighted by molar-refractivity contribution is 5.97. The van der Waals surface area contributed by atoms with Gasteiger partial charge in [-0.3, -0.25) is 4.79 Å². The molecule has 0 fully saturated rings. The number of nitrogens with zero attached hydrogens (tertiary/aromatic N) is 2. The molecule has 0 aliphatic carbocycles. The fraction of sp³-hybridized carbons (Fsp3) is 0.125. The first-order valence-corrected chi connectivity index (χ1v) is 9.53. The normalized spacial score (nSPS) is 10.7. The maximum Gasteiger partial charge on any atom is 0.289 e. The molecule has 5 heteroatoms. The number of para-hydroxylation sites is 1. The number of nitrogens with one attached hydrogen (secondary N) is 2. The Labute approximate surface area is 169 Å². The number of hydrogen-bond donors (Lipinski definition) is 2. The lowest BCUT2D eigenvalue weighted by molar-refractivity contribution is 0.0941. The van der Waals surface area contributed by atoms with Crippen LogP contribution >= 0.6 is 0 Å². The molecular formula is C24H22N4O. The second-order valence-corrected chi connectivity index (χ2v) is 7.08. The predicted molar refractivity (Wildman–Crippen MR) is 116 cm³/mol. The van der Waals surface area contributed by atoms with Crippen molar-refractivity contribution in [3.63, 3.8) is 0 Å². The molecule has 0 aliphatic heterocycles. The molecule has 1 amide bonds. The van der Waals surface area contributed by atoms with E-state index in [9.17, 15) is 4.79 Å². The number of fused-ring (bicyclic) bond motifs is 1. The molecule has 0 radical (unpaired) electrons. The number of carbonyl (C=O) groups is 1. The Kier molecular flexibility index (Phi) is 5.20. The van der Waals surface area contributed by atoms with E-state index in [1.54, 1.807) is 0 Å². The summed E-state index contributed by atoms with van der Waals surface area (Å²) in [5.74, 6) is 0.456. The fourth-order valence-corrected chi connectivity index (χ4v) is 3.22. The molecule has 0 unspecified atom stereocenters. The van der Waals surface area contributed by atoms with Crippen LogP contribution < -0.4 is 10.6 Å². The lowest BCUT2D eigenvalue weighted by Gasteiger charge is -2.12. The zero-order chi connectivity index (χ0) is 20.2. The van der Waals surface area contributed by atoms with Gasteiger partial charge in [-0.2, -0.15) is 0 Å². The van der Waals surface area contributed by atoms with Crippen LogP contribution in [-0.4, -0.2) is 15.9 Å². The van der Waals surface area contributed by atoms with Crippen LogP contribution in [0.3, 0.4) is 0 Å². The van der Waals surface area contributed by atoms with E-state index in [2.05, 4.69) is 20.6 Å². The number of rotatable bonds is 5. The van der Waals surface area contributed by atoms with E-state index in [0.717, 1.165) is 33.3 Å². The SMILES string of the molecule is Cc1cccc(CNC(=O)c2nc(Nc3cccc(C)c3)c3ccccc3n2)c1. The highest BCUT2D eigenvalue weighted by Gasteiger charge is 2.14. The molecule has 0 saturated carbocycles. The van der Waals surface area contributed by atoms with E-state index in [0.29, 0.717) is 12.4 Å². The Morgan fingerprint density at radius 2 is 1.62 bits per heavy atom. The van der Waals surface area contributed by atoms with E-state index in [1.807, 2.05) is 86.6 Å². The molecule has 4 aromatic rings. The van der Waals surface area contributed by atoms with Crippen LogP contribution in [0.2, 0.25) is 0 Å². The summed E-state index contributed by atoms with van der Waals surface area (Å²) in [6.07, 6.45) is 0. The third-order valence-corrected chi connectivity index (χ3v) is 4.62. The molecule has 0 bridgehead atoms. The number of hydrogen-bond acceptors (Lipinski definition) is 4. The first kappa shape index (κ1) is 18.6. The quantitative estimate of drug-likeness (QED) is 0.514. The molecule has 0 aliphatic rings. The van der Waals surface area contributed by atoms with Gasteiger partial charge < -0.3 is 10.6 Å². The van der Waals surface area contributed by atoms with Crippen molar-refractivity contribution >= 4 is 28.3 Å². The summed E-state index contributed by atoms with van der Waals surface area (Å²) in [6, 6.07) is 23.7. The van der Waals surface area contributed by atoms with Crippen molar-refractivity contribution < 1.29 is 4.79 Å². The number of anilines is 2. The maximum absolute atomic E-state index is 12.7. The Morgan fingerprint density at radius 3 is 2.41 bits per heavy atom. The third kappa shape index (κ3) is 4.41. The molecular weight excluding hydrogens is 360 g/mol. The lowest BCUT2D eigenvalue weighted by Crippen LogP contribution is -2.25. The topological polar surface area (TPSA) is 66.9 Å². The van der Waals surface area contributed by atoms with Gasteiger partial charge in [-0.1, -0.05) is 54.1 Å². The average Bonchev–Trinajstić information content (AvgIpc) is 2.72. The summed E-state index contributed by atoms with van der Waals surface area (Å²) < 4.78 is 0. The minimum atomic E-state index is -0.301. The molecule has 1 heterocycles. The van der Waals surface area contributed by atoms with Crippen LogP contribution in [-0.2, 0) is 6.54 Å². The molecule has 0 atom stereocenters. The van der Waals surface area contributed by atoms with Crippen LogP contribution in [0.1, 0.15) is 27.3 Å². The summed E-state index contributed by atoms with van der Waals surface area (Å²) in [5, 5.41) is 7.11. The van der Waals surface area contributed by atoms with Gasteiger partial charge in [0.05, 0.1) is 5.52 Å². The second-order valence-electron chi connectivity index (χ2n) is 7.08. The average molecular weight is 382 g/mol. The summed E-state index contributed by atoms with van der Waals surface area (Å²) in [4.78, 5) is 21.7. The van der Waals surface area contributed by atoms with Crippen LogP contribution in [0.25, 0.3) is 10.9 Å². The van der Waals surface area contributed by atoms with Crippen LogP contribution in [0.4, 0.5) is 11.5 Å². The van der Waals surface area contributed by atoms with Gasteiger partial charge in [-0.25, -0.2) is 9.97 Å². The molecule has 29 heavy (non-hydrogen) atoms. The van der Waals surface area contributed by atoms with Gasteiger partial charge in [0.25, 0.3) is 5.91 Å². The predicted octanol–water partition coefficient (Wildman–Crippen LogP) is 4.92. The number of aryl methyl sites for hydroxylation is 2. The van der Waals surface area contributed by atoms with Crippen molar-refractivity contribution in [3.8, 4) is 0 Å².